The van der Waals surface area contributed by atoms with E-state index in [4.69, 9.17) is 25.6 Å². The van der Waals surface area contributed by atoms with Gasteiger partial charge in [-0.15, -0.1) is 0 Å². The molecule has 5 aromatic rings. The molecule has 10 heteroatoms. The van der Waals surface area contributed by atoms with Gasteiger partial charge in [-0.1, -0.05) is 11.6 Å². The fraction of sp³-hybridized carbons (Fsp3) is 0.214. The normalized spacial score (nSPS) is 12.2. The van der Waals surface area contributed by atoms with Crippen LogP contribution in [0.3, 0.4) is 0 Å². The van der Waals surface area contributed by atoms with E-state index in [0.717, 1.165) is 22.0 Å². The highest BCUT2D eigenvalue weighted by molar-refractivity contribution is 6.29. The third-order valence-corrected chi connectivity index (χ3v) is 6.46. The molecule has 2 aromatic carbocycles. The Kier molecular flexibility index (Phi) is 6.64. The SMILES string of the molecule is CONC(=O)c1nc(Cl)ccc1O[C@H](C)c1cc(C)cc2c(=O)c(C)c(-c3ccc4nn(C)cc4c3)oc12. The summed E-state index contributed by atoms with van der Waals surface area (Å²) in [6.45, 7) is 5.47. The molecule has 38 heavy (non-hydrogen) atoms. The number of nitrogens with zero attached hydrogens (tertiary/aromatic N) is 3. The van der Waals surface area contributed by atoms with Crippen LogP contribution in [0.2, 0.25) is 5.15 Å². The highest BCUT2D eigenvalue weighted by Gasteiger charge is 2.23. The number of hydrogen-bond acceptors (Lipinski definition) is 7. The fourth-order valence-electron chi connectivity index (χ4n) is 4.51. The van der Waals surface area contributed by atoms with Gasteiger partial charge in [-0.3, -0.25) is 19.1 Å². The van der Waals surface area contributed by atoms with Gasteiger partial charge in [0, 0.05) is 35.3 Å². The minimum Gasteiger partial charge on any atom is -0.483 e. The number of benzene rings is 2. The monoisotopic (exact) mass is 532 g/mol. The smallest absolute Gasteiger partial charge is 0.297 e. The summed E-state index contributed by atoms with van der Waals surface area (Å²) >= 11 is 6.02. The molecule has 0 unspecified atom stereocenters. The number of halogens is 1. The van der Waals surface area contributed by atoms with E-state index in [-0.39, 0.29) is 22.0 Å². The number of aromatic nitrogens is 3. The number of carbonyl (C=O) groups is 1. The summed E-state index contributed by atoms with van der Waals surface area (Å²) in [6, 6.07) is 12.5. The number of carbonyl (C=O) groups excluding carboxylic acids is 1. The summed E-state index contributed by atoms with van der Waals surface area (Å²) in [5.74, 6) is 0.0585. The van der Waals surface area contributed by atoms with E-state index in [1.807, 2.05) is 51.4 Å². The number of nitrogens with one attached hydrogen (secondary N) is 1. The molecule has 0 aliphatic carbocycles. The maximum atomic E-state index is 13.5. The van der Waals surface area contributed by atoms with Gasteiger partial charge in [0.15, 0.2) is 16.9 Å². The Morgan fingerprint density at radius 3 is 2.71 bits per heavy atom. The quantitative estimate of drug-likeness (QED) is 0.229. The van der Waals surface area contributed by atoms with Crippen molar-refractivity contribution < 1.29 is 18.8 Å². The lowest BCUT2D eigenvalue weighted by Gasteiger charge is -2.19. The molecule has 3 heterocycles. The molecule has 1 N–H and O–H groups in total. The lowest BCUT2D eigenvalue weighted by atomic mass is 9.99. The van der Waals surface area contributed by atoms with Crippen molar-refractivity contribution in [3.05, 3.63) is 86.4 Å². The van der Waals surface area contributed by atoms with Crippen LogP contribution in [0, 0.1) is 13.8 Å². The number of ether oxygens (including phenoxy) is 1. The molecule has 1 amide bonds. The van der Waals surface area contributed by atoms with Crippen LogP contribution in [-0.4, -0.2) is 27.8 Å². The average molecular weight is 533 g/mol. The van der Waals surface area contributed by atoms with Gasteiger partial charge in [0.1, 0.15) is 22.6 Å². The number of aryl methyl sites for hydroxylation is 2. The summed E-state index contributed by atoms with van der Waals surface area (Å²) in [5, 5.41) is 5.93. The van der Waals surface area contributed by atoms with Gasteiger partial charge in [0.05, 0.1) is 18.0 Å². The second-order valence-electron chi connectivity index (χ2n) is 9.07. The molecule has 0 saturated carbocycles. The molecule has 0 aliphatic rings. The van der Waals surface area contributed by atoms with Crippen molar-refractivity contribution in [2.75, 3.05) is 7.11 Å². The van der Waals surface area contributed by atoms with Crippen LogP contribution in [0.25, 0.3) is 33.2 Å². The Hall–Kier alpha value is -4.21. The third kappa shape index (κ3) is 4.62. The van der Waals surface area contributed by atoms with E-state index in [1.54, 1.807) is 23.7 Å². The van der Waals surface area contributed by atoms with Gasteiger partial charge < -0.3 is 9.15 Å². The maximum Gasteiger partial charge on any atom is 0.297 e. The van der Waals surface area contributed by atoms with Crippen LogP contribution in [0.4, 0.5) is 0 Å². The van der Waals surface area contributed by atoms with Gasteiger partial charge in [-0.25, -0.2) is 10.5 Å². The van der Waals surface area contributed by atoms with Crippen molar-refractivity contribution in [2.24, 2.45) is 7.05 Å². The van der Waals surface area contributed by atoms with Gasteiger partial charge in [-0.05, 0) is 68.8 Å². The molecule has 0 saturated heterocycles. The van der Waals surface area contributed by atoms with E-state index < -0.39 is 12.0 Å². The van der Waals surface area contributed by atoms with Gasteiger partial charge in [0.25, 0.3) is 5.91 Å². The molecular formula is C28H25ClN4O5. The van der Waals surface area contributed by atoms with Crippen molar-refractivity contribution in [1.29, 1.82) is 0 Å². The molecule has 0 radical (unpaired) electrons. The Morgan fingerprint density at radius 2 is 1.95 bits per heavy atom. The Morgan fingerprint density at radius 1 is 1.16 bits per heavy atom. The summed E-state index contributed by atoms with van der Waals surface area (Å²) in [5.41, 5.74) is 6.11. The zero-order valence-corrected chi connectivity index (χ0v) is 22.2. The van der Waals surface area contributed by atoms with Crippen LogP contribution in [0.15, 0.2) is 57.9 Å². The lowest BCUT2D eigenvalue weighted by Crippen LogP contribution is -2.24. The van der Waals surface area contributed by atoms with Crippen molar-refractivity contribution in [2.45, 2.75) is 26.9 Å². The summed E-state index contributed by atoms with van der Waals surface area (Å²) < 4.78 is 14.4. The molecule has 194 valence electrons. The van der Waals surface area contributed by atoms with E-state index in [0.29, 0.717) is 27.9 Å². The second kappa shape index (κ2) is 9.92. The topological polar surface area (TPSA) is 108 Å². The number of pyridine rings is 1. The molecule has 0 aliphatic heterocycles. The number of hydrogen-bond donors (Lipinski definition) is 1. The highest BCUT2D eigenvalue weighted by Crippen LogP contribution is 2.34. The highest BCUT2D eigenvalue weighted by atomic mass is 35.5. The minimum atomic E-state index is -0.617. The van der Waals surface area contributed by atoms with E-state index >= 15 is 0 Å². The van der Waals surface area contributed by atoms with Crippen LogP contribution in [0.5, 0.6) is 5.75 Å². The second-order valence-corrected chi connectivity index (χ2v) is 9.46. The Balaban J connectivity index is 1.64. The van der Waals surface area contributed by atoms with E-state index in [2.05, 4.69) is 15.6 Å². The van der Waals surface area contributed by atoms with Crippen LogP contribution in [-0.2, 0) is 11.9 Å². The van der Waals surface area contributed by atoms with E-state index in [9.17, 15) is 9.59 Å². The van der Waals surface area contributed by atoms with Crippen LogP contribution < -0.4 is 15.6 Å². The number of amides is 1. The average Bonchev–Trinajstić information content (AvgIpc) is 3.26. The van der Waals surface area contributed by atoms with Crippen molar-refractivity contribution in [3.63, 3.8) is 0 Å². The molecular weight excluding hydrogens is 508 g/mol. The number of fused-ring (bicyclic) bond motifs is 2. The maximum absolute atomic E-state index is 13.5. The third-order valence-electron chi connectivity index (χ3n) is 6.25. The molecule has 1 atom stereocenters. The first-order chi connectivity index (χ1) is 18.2. The first kappa shape index (κ1) is 25.4. The van der Waals surface area contributed by atoms with Crippen molar-refractivity contribution in [3.8, 4) is 17.1 Å². The Bertz CT molecular complexity index is 1780. The fourth-order valence-corrected chi connectivity index (χ4v) is 4.66. The molecule has 9 nitrogen and oxygen atoms in total. The minimum absolute atomic E-state index is 0.0362. The lowest BCUT2D eigenvalue weighted by molar-refractivity contribution is 0.0526. The Labute approximate surface area is 222 Å². The summed E-state index contributed by atoms with van der Waals surface area (Å²) in [6.07, 6.45) is 1.30. The standard InChI is InChI=1S/C28H25ClN4O5/c1-14-10-19(16(3)37-22-8-9-23(29)30-24(22)28(35)32-36-5)27-20(11-14)25(34)15(2)26(38-27)17-6-7-21-18(12-17)13-33(4)31-21/h6-13,16H,1-5H3,(H,32,35)/t16-/m1/s1. The van der Waals surface area contributed by atoms with Crippen LogP contribution >= 0.6 is 11.6 Å². The zero-order valence-electron chi connectivity index (χ0n) is 21.5. The van der Waals surface area contributed by atoms with E-state index in [1.165, 1.54) is 13.2 Å². The molecule has 5 rings (SSSR count). The predicted molar refractivity (Wildman–Crippen MR) is 144 cm³/mol. The summed E-state index contributed by atoms with van der Waals surface area (Å²) in [4.78, 5) is 34.8. The first-order valence-electron chi connectivity index (χ1n) is 11.8. The largest absolute Gasteiger partial charge is 0.483 e. The van der Waals surface area contributed by atoms with Crippen molar-refractivity contribution in [1.82, 2.24) is 20.2 Å². The van der Waals surface area contributed by atoms with Crippen LogP contribution in [0.1, 0.15) is 40.2 Å². The number of hydroxylamine groups is 1. The predicted octanol–water partition coefficient (Wildman–Crippen LogP) is 5.44. The number of rotatable bonds is 6. The van der Waals surface area contributed by atoms with Gasteiger partial charge in [0.2, 0.25) is 0 Å². The van der Waals surface area contributed by atoms with Gasteiger partial charge in [-0.2, -0.15) is 5.10 Å². The molecule has 0 bridgehead atoms. The first-order valence-corrected chi connectivity index (χ1v) is 12.2. The van der Waals surface area contributed by atoms with Crippen molar-refractivity contribution >= 4 is 39.4 Å². The van der Waals surface area contributed by atoms with Gasteiger partial charge >= 0.3 is 0 Å². The molecule has 0 fully saturated rings. The summed E-state index contributed by atoms with van der Waals surface area (Å²) in [7, 11) is 3.18. The molecule has 3 aromatic heterocycles. The zero-order chi connectivity index (χ0) is 27.1. The molecule has 0 spiro atoms.